The van der Waals surface area contributed by atoms with E-state index in [0.717, 1.165) is 27.5 Å². The molecule has 0 aliphatic rings. The lowest BCUT2D eigenvalue weighted by atomic mass is 10.2. The summed E-state index contributed by atoms with van der Waals surface area (Å²) in [5, 5.41) is 4.61. The van der Waals surface area contributed by atoms with E-state index in [9.17, 15) is 4.79 Å². The van der Waals surface area contributed by atoms with E-state index in [1.54, 1.807) is 6.33 Å². The van der Waals surface area contributed by atoms with Crippen LogP contribution in [0.1, 0.15) is 16.1 Å². The summed E-state index contributed by atoms with van der Waals surface area (Å²) in [6.07, 6.45) is 1.66. The first-order valence-electron chi connectivity index (χ1n) is 7.57. The Morgan fingerprint density at radius 2 is 2.12 bits per heavy atom. The number of halogens is 1. The molecule has 6 heteroatoms. The minimum absolute atomic E-state index is 0.116. The van der Waals surface area contributed by atoms with Crippen LogP contribution in [0.15, 0.2) is 48.8 Å². The van der Waals surface area contributed by atoms with Crippen LogP contribution in [0.2, 0.25) is 5.02 Å². The minimum atomic E-state index is -0.116. The molecule has 5 nitrogen and oxygen atoms in total. The number of benzene rings is 2. The Bertz CT molecular complexity index is 1060. The Morgan fingerprint density at radius 1 is 1.25 bits per heavy atom. The fraction of sp³-hybridized carbons (Fsp3) is 0.111. The van der Waals surface area contributed by atoms with Gasteiger partial charge in [0, 0.05) is 29.5 Å². The van der Waals surface area contributed by atoms with Gasteiger partial charge in [0.15, 0.2) is 0 Å². The standard InChI is InChI=1S/C18H15ClN4O/c1-23-16-8-13(19)4-3-12(16)7-17(23)18(24)20-9-11-2-5-14-15(6-11)22-10-21-14/h2-8,10H,9H2,1H3,(H,20,24)(H,21,22). The summed E-state index contributed by atoms with van der Waals surface area (Å²) in [5.41, 5.74) is 4.43. The highest BCUT2D eigenvalue weighted by Gasteiger charge is 2.13. The van der Waals surface area contributed by atoms with Crippen molar-refractivity contribution in [2.75, 3.05) is 0 Å². The molecule has 0 spiro atoms. The fourth-order valence-electron chi connectivity index (χ4n) is 2.89. The Kier molecular flexibility index (Phi) is 3.50. The van der Waals surface area contributed by atoms with Crippen molar-refractivity contribution in [3.8, 4) is 0 Å². The SMILES string of the molecule is Cn1c(C(=O)NCc2ccc3nc[nH]c3c2)cc2ccc(Cl)cc21. The summed E-state index contributed by atoms with van der Waals surface area (Å²) in [6.45, 7) is 0.454. The van der Waals surface area contributed by atoms with E-state index >= 15 is 0 Å². The average molecular weight is 339 g/mol. The number of hydrogen-bond acceptors (Lipinski definition) is 2. The maximum Gasteiger partial charge on any atom is 0.268 e. The fourth-order valence-corrected chi connectivity index (χ4v) is 3.05. The van der Waals surface area contributed by atoms with Crippen molar-refractivity contribution >= 4 is 39.4 Å². The molecule has 120 valence electrons. The first-order valence-corrected chi connectivity index (χ1v) is 7.95. The molecule has 2 N–H and O–H groups in total. The van der Waals surface area contributed by atoms with Crippen LogP contribution in [0.25, 0.3) is 21.9 Å². The second kappa shape index (κ2) is 5.69. The predicted octanol–water partition coefficient (Wildman–Crippen LogP) is 3.64. The highest BCUT2D eigenvalue weighted by Crippen LogP contribution is 2.22. The van der Waals surface area contributed by atoms with E-state index in [4.69, 9.17) is 11.6 Å². The van der Waals surface area contributed by atoms with Gasteiger partial charge in [-0.15, -0.1) is 0 Å². The first-order chi connectivity index (χ1) is 11.6. The van der Waals surface area contributed by atoms with Gasteiger partial charge < -0.3 is 14.9 Å². The van der Waals surface area contributed by atoms with E-state index in [-0.39, 0.29) is 5.91 Å². The molecule has 0 fully saturated rings. The number of nitrogens with one attached hydrogen (secondary N) is 2. The Labute approximate surface area is 143 Å². The number of imidazole rings is 1. The number of aryl methyl sites for hydroxylation is 1. The summed E-state index contributed by atoms with van der Waals surface area (Å²) in [7, 11) is 1.87. The van der Waals surface area contributed by atoms with Gasteiger partial charge in [0.25, 0.3) is 5.91 Å². The highest BCUT2D eigenvalue weighted by atomic mass is 35.5. The van der Waals surface area contributed by atoms with E-state index in [1.807, 2.05) is 54.1 Å². The van der Waals surface area contributed by atoms with Crippen LogP contribution in [0.3, 0.4) is 0 Å². The molecule has 4 rings (SSSR count). The zero-order chi connectivity index (χ0) is 16.7. The summed E-state index contributed by atoms with van der Waals surface area (Å²) in [4.78, 5) is 19.8. The second-order valence-electron chi connectivity index (χ2n) is 5.73. The van der Waals surface area contributed by atoms with Crippen LogP contribution in [0, 0.1) is 0 Å². The first kappa shape index (κ1) is 14.8. The number of nitrogens with zero attached hydrogens (tertiary/aromatic N) is 2. The average Bonchev–Trinajstić information content (AvgIpc) is 3.17. The van der Waals surface area contributed by atoms with Crippen molar-refractivity contribution in [3.63, 3.8) is 0 Å². The van der Waals surface area contributed by atoms with Gasteiger partial charge in [0.05, 0.1) is 17.4 Å². The number of rotatable bonds is 3. The van der Waals surface area contributed by atoms with Gasteiger partial charge in [-0.3, -0.25) is 4.79 Å². The number of hydrogen-bond donors (Lipinski definition) is 2. The second-order valence-corrected chi connectivity index (χ2v) is 6.16. The molecule has 0 saturated heterocycles. The molecule has 0 saturated carbocycles. The molecular weight excluding hydrogens is 324 g/mol. The molecule has 4 aromatic rings. The normalized spacial score (nSPS) is 11.2. The molecule has 1 amide bonds. The number of carbonyl (C=O) groups is 1. The Balaban J connectivity index is 1.56. The molecule has 2 aromatic carbocycles. The molecule has 0 bridgehead atoms. The zero-order valence-electron chi connectivity index (χ0n) is 13.0. The lowest BCUT2D eigenvalue weighted by molar-refractivity contribution is 0.0943. The van der Waals surface area contributed by atoms with Gasteiger partial charge in [-0.25, -0.2) is 4.98 Å². The van der Waals surface area contributed by atoms with Crippen molar-refractivity contribution in [3.05, 3.63) is 65.1 Å². The summed E-state index contributed by atoms with van der Waals surface area (Å²) in [6, 6.07) is 13.4. The monoisotopic (exact) mass is 338 g/mol. The van der Waals surface area contributed by atoms with Gasteiger partial charge >= 0.3 is 0 Å². The lowest BCUT2D eigenvalue weighted by Gasteiger charge is -2.07. The van der Waals surface area contributed by atoms with Gasteiger partial charge in [0.1, 0.15) is 5.69 Å². The van der Waals surface area contributed by atoms with E-state index in [0.29, 0.717) is 17.3 Å². The van der Waals surface area contributed by atoms with Crippen LogP contribution >= 0.6 is 11.6 Å². The van der Waals surface area contributed by atoms with Crippen molar-refractivity contribution in [1.29, 1.82) is 0 Å². The van der Waals surface area contributed by atoms with Gasteiger partial charge in [-0.05, 0) is 35.9 Å². The van der Waals surface area contributed by atoms with Crippen molar-refractivity contribution in [1.82, 2.24) is 19.9 Å². The number of aromatic nitrogens is 3. The third-order valence-corrected chi connectivity index (χ3v) is 4.41. The molecule has 2 heterocycles. The van der Waals surface area contributed by atoms with Gasteiger partial charge in [-0.2, -0.15) is 0 Å². The highest BCUT2D eigenvalue weighted by molar-refractivity contribution is 6.31. The summed E-state index contributed by atoms with van der Waals surface area (Å²) < 4.78 is 1.86. The van der Waals surface area contributed by atoms with Gasteiger partial charge in [0.2, 0.25) is 0 Å². The van der Waals surface area contributed by atoms with Crippen LogP contribution in [-0.2, 0) is 13.6 Å². The maximum atomic E-state index is 12.5. The third-order valence-electron chi connectivity index (χ3n) is 4.18. The zero-order valence-corrected chi connectivity index (χ0v) is 13.8. The third kappa shape index (κ3) is 2.53. The molecule has 0 aliphatic heterocycles. The number of amides is 1. The van der Waals surface area contributed by atoms with E-state index in [2.05, 4.69) is 15.3 Å². The molecule has 0 atom stereocenters. The molecule has 24 heavy (non-hydrogen) atoms. The van der Waals surface area contributed by atoms with E-state index in [1.165, 1.54) is 0 Å². The van der Waals surface area contributed by atoms with Crippen LogP contribution in [0.5, 0.6) is 0 Å². The number of aromatic amines is 1. The Morgan fingerprint density at radius 3 is 3.00 bits per heavy atom. The van der Waals surface area contributed by atoms with E-state index < -0.39 is 0 Å². The smallest absolute Gasteiger partial charge is 0.268 e. The largest absolute Gasteiger partial charge is 0.347 e. The molecule has 0 radical (unpaired) electrons. The number of carbonyl (C=O) groups excluding carboxylic acids is 1. The summed E-state index contributed by atoms with van der Waals surface area (Å²) >= 11 is 6.04. The van der Waals surface area contributed by atoms with Crippen molar-refractivity contribution in [2.45, 2.75) is 6.54 Å². The minimum Gasteiger partial charge on any atom is -0.347 e. The number of H-pyrrole nitrogens is 1. The predicted molar refractivity (Wildman–Crippen MR) is 95.2 cm³/mol. The van der Waals surface area contributed by atoms with Crippen LogP contribution < -0.4 is 5.32 Å². The molecule has 0 unspecified atom stereocenters. The van der Waals surface area contributed by atoms with Crippen molar-refractivity contribution < 1.29 is 4.79 Å². The molecule has 0 aliphatic carbocycles. The van der Waals surface area contributed by atoms with Crippen molar-refractivity contribution in [2.24, 2.45) is 7.05 Å². The summed E-state index contributed by atoms with van der Waals surface area (Å²) in [5.74, 6) is -0.116. The number of fused-ring (bicyclic) bond motifs is 2. The van der Waals surface area contributed by atoms with Crippen LogP contribution in [-0.4, -0.2) is 20.4 Å². The quantitative estimate of drug-likeness (QED) is 0.599. The lowest BCUT2D eigenvalue weighted by Crippen LogP contribution is -2.24. The Hall–Kier alpha value is -2.79. The molecule has 2 aromatic heterocycles. The topological polar surface area (TPSA) is 62.7 Å². The molecular formula is C18H15ClN4O. The van der Waals surface area contributed by atoms with Crippen LogP contribution in [0.4, 0.5) is 0 Å². The maximum absolute atomic E-state index is 12.5. The van der Waals surface area contributed by atoms with Gasteiger partial charge in [-0.1, -0.05) is 23.7 Å².